The highest BCUT2D eigenvalue weighted by Crippen LogP contribution is 2.29. The Labute approximate surface area is 114 Å². The number of aromatic nitrogens is 2. The van der Waals surface area contributed by atoms with Crippen LogP contribution in [0.25, 0.3) is 0 Å². The molecule has 0 amide bonds. The zero-order valence-corrected chi connectivity index (χ0v) is 11.6. The SMILES string of the molecule is CCN(c1cc(Cl)nc(C(F)(F)F)n1)C(C)COC. The van der Waals surface area contributed by atoms with Gasteiger partial charge in [0.2, 0.25) is 5.82 Å². The van der Waals surface area contributed by atoms with E-state index >= 15 is 0 Å². The lowest BCUT2D eigenvalue weighted by Crippen LogP contribution is -2.37. The average molecular weight is 298 g/mol. The third-order valence-corrected chi connectivity index (χ3v) is 2.70. The summed E-state index contributed by atoms with van der Waals surface area (Å²) in [7, 11) is 1.53. The number of ether oxygens (including phenoxy) is 1. The number of halogens is 4. The Bertz CT molecular complexity index is 428. The summed E-state index contributed by atoms with van der Waals surface area (Å²) in [6, 6.07) is 1.19. The summed E-state index contributed by atoms with van der Waals surface area (Å²) in [5, 5.41) is -0.236. The number of nitrogens with zero attached hydrogens (tertiary/aromatic N) is 3. The van der Waals surface area contributed by atoms with Gasteiger partial charge < -0.3 is 9.64 Å². The maximum atomic E-state index is 12.6. The van der Waals surface area contributed by atoms with Gasteiger partial charge in [0, 0.05) is 19.7 Å². The minimum Gasteiger partial charge on any atom is -0.383 e. The van der Waals surface area contributed by atoms with Crippen molar-refractivity contribution in [3.05, 3.63) is 17.0 Å². The molecule has 19 heavy (non-hydrogen) atoms. The Hall–Kier alpha value is -1.08. The van der Waals surface area contributed by atoms with Gasteiger partial charge >= 0.3 is 6.18 Å². The van der Waals surface area contributed by atoms with Crippen LogP contribution in [-0.4, -0.2) is 36.3 Å². The molecule has 0 radical (unpaired) electrons. The fraction of sp³-hybridized carbons (Fsp3) is 0.636. The third kappa shape index (κ3) is 4.21. The summed E-state index contributed by atoms with van der Waals surface area (Å²) in [5.41, 5.74) is 0. The van der Waals surface area contributed by atoms with Gasteiger partial charge in [0.25, 0.3) is 0 Å². The number of anilines is 1. The van der Waals surface area contributed by atoms with Crippen LogP contribution < -0.4 is 4.90 Å². The first-order valence-corrected chi connectivity index (χ1v) is 6.04. The molecule has 0 aromatic carbocycles. The van der Waals surface area contributed by atoms with E-state index in [1.54, 1.807) is 4.90 Å². The van der Waals surface area contributed by atoms with Crippen molar-refractivity contribution in [2.24, 2.45) is 0 Å². The Morgan fingerprint density at radius 3 is 2.53 bits per heavy atom. The number of rotatable bonds is 5. The van der Waals surface area contributed by atoms with Crippen LogP contribution in [0, 0.1) is 0 Å². The molecule has 8 heteroatoms. The van der Waals surface area contributed by atoms with Crippen molar-refractivity contribution >= 4 is 17.4 Å². The van der Waals surface area contributed by atoms with Gasteiger partial charge in [0.1, 0.15) is 11.0 Å². The van der Waals surface area contributed by atoms with Gasteiger partial charge in [0.15, 0.2) is 0 Å². The first-order chi connectivity index (χ1) is 8.79. The second kappa shape index (κ2) is 6.38. The molecular weight excluding hydrogens is 283 g/mol. The Kier molecular flexibility index (Phi) is 5.37. The van der Waals surface area contributed by atoms with E-state index in [1.807, 2.05) is 13.8 Å². The van der Waals surface area contributed by atoms with E-state index < -0.39 is 12.0 Å². The molecule has 1 atom stereocenters. The number of alkyl halides is 3. The van der Waals surface area contributed by atoms with E-state index in [1.165, 1.54) is 13.2 Å². The van der Waals surface area contributed by atoms with Crippen molar-refractivity contribution in [3.63, 3.8) is 0 Å². The average Bonchev–Trinajstić information content (AvgIpc) is 2.28. The Balaban J connectivity index is 3.14. The smallest absolute Gasteiger partial charge is 0.383 e. The van der Waals surface area contributed by atoms with E-state index in [0.29, 0.717) is 13.2 Å². The number of hydrogen-bond acceptors (Lipinski definition) is 4. The molecule has 0 N–H and O–H groups in total. The molecule has 1 aromatic rings. The van der Waals surface area contributed by atoms with E-state index in [4.69, 9.17) is 16.3 Å². The topological polar surface area (TPSA) is 38.2 Å². The normalized spacial score (nSPS) is 13.4. The molecular formula is C11H15ClF3N3O. The molecule has 1 rings (SSSR count). The zero-order chi connectivity index (χ0) is 14.6. The van der Waals surface area contributed by atoms with Crippen LogP contribution in [0.2, 0.25) is 5.15 Å². The Morgan fingerprint density at radius 1 is 1.42 bits per heavy atom. The standard InChI is InChI=1S/C11H15ClF3N3O/c1-4-18(7(2)6-19-3)9-5-8(12)16-10(17-9)11(13,14)15/h5,7H,4,6H2,1-3H3. The highest BCUT2D eigenvalue weighted by molar-refractivity contribution is 6.29. The first kappa shape index (κ1) is 16.0. The van der Waals surface area contributed by atoms with Crippen molar-refractivity contribution in [2.75, 3.05) is 25.2 Å². The van der Waals surface area contributed by atoms with Crippen molar-refractivity contribution in [2.45, 2.75) is 26.1 Å². The minimum absolute atomic E-state index is 0.123. The summed E-state index contributed by atoms with van der Waals surface area (Å²) in [5.74, 6) is -1.10. The lowest BCUT2D eigenvalue weighted by atomic mass is 10.3. The van der Waals surface area contributed by atoms with Gasteiger partial charge in [-0.2, -0.15) is 13.2 Å². The lowest BCUT2D eigenvalue weighted by molar-refractivity contribution is -0.144. The van der Waals surface area contributed by atoms with Gasteiger partial charge in [0.05, 0.1) is 12.6 Å². The predicted octanol–water partition coefficient (Wildman–Crippen LogP) is 3.01. The lowest BCUT2D eigenvalue weighted by Gasteiger charge is -2.28. The molecule has 1 unspecified atom stereocenters. The molecule has 1 aromatic heterocycles. The zero-order valence-electron chi connectivity index (χ0n) is 10.8. The molecule has 0 saturated carbocycles. The quantitative estimate of drug-likeness (QED) is 0.783. The minimum atomic E-state index is -4.62. The summed E-state index contributed by atoms with van der Waals surface area (Å²) in [4.78, 5) is 8.40. The summed E-state index contributed by atoms with van der Waals surface area (Å²) in [6.07, 6.45) is -4.62. The second-order valence-electron chi connectivity index (χ2n) is 3.96. The molecule has 4 nitrogen and oxygen atoms in total. The van der Waals surface area contributed by atoms with E-state index in [9.17, 15) is 13.2 Å². The largest absolute Gasteiger partial charge is 0.451 e. The van der Waals surface area contributed by atoms with Crippen LogP contribution in [-0.2, 0) is 10.9 Å². The van der Waals surface area contributed by atoms with Gasteiger partial charge in [-0.25, -0.2) is 9.97 Å². The van der Waals surface area contributed by atoms with Gasteiger partial charge in [-0.05, 0) is 13.8 Å². The molecule has 0 aliphatic heterocycles. The number of likely N-dealkylation sites (N-methyl/N-ethyl adjacent to an activating group) is 1. The van der Waals surface area contributed by atoms with Crippen LogP contribution in [0.1, 0.15) is 19.7 Å². The van der Waals surface area contributed by atoms with Crippen molar-refractivity contribution < 1.29 is 17.9 Å². The van der Waals surface area contributed by atoms with Gasteiger partial charge in [-0.15, -0.1) is 0 Å². The van der Waals surface area contributed by atoms with Crippen LogP contribution >= 0.6 is 11.6 Å². The Morgan fingerprint density at radius 2 is 2.05 bits per heavy atom. The highest BCUT2D eigenvalue weighted by Gasteiger charge is 2.36. The third-order valence-electron chi connectivity index (χ3n) is 2.51. The van der Waals surface area contributed by atoms with E-state index in [-0.39, 0.29) is 17.0 Å². The molecule has 0 aliphatic carbocycles. The monoisotopic (exact) mass is 297 g/mol. The van der Waals surface area contributed by atoms with Crippen LogP contribution in [0.5, 0.6) is 0 Å². The molecule has 0 saturated heterocycles. The fourth-order valence-electron chi connectivity index (χ4n) is 1.71. The maximum absolute atomic E-state index is 12.6. The van der Waals surface area contributed by atoms with Gasteiger partial charge in [-0.1, -0.05) is 11.6 Å². The molecule has 0 fully saturated rings. The maximum Gasteiger partial charge on any atom is 0.451 e. The number of hydrogen-bond donors (Lipinski definition) is 0. The van der Waals surface area contributed by atoms with E-state index in [0.717, 1.165) is 0 Å². The first-order valence-electron chi connectivity index (χ1n) is 5.67. The van der Waals surface area contributed by atoms with E-state index in [2.05, 4.69) is 9.97 Å². The second-order valence-corrected chi connectivity index (χ2v) is 4.35. The van der Waals surface area contributed by atoms with Crippen molar-refractivity contribution in [1.82, 2.24) is 9.97 Å². The molecule has 0 aliphatic rings. The molecule has 1 heterocycles. The van der Waals surface area contributed by atoms with Crippen molar-refractivity contribution in [3.8, 4) is 0 Å². The predicted molar refractivity (Wildman–Crippen MR) is 66.4 cm³/mol. The van der Waals surface area contributed by atoms with Crippen LogP contribution in [0.15, 0.2) is 6.07 Å². The van der Waals surface area contributed by atoms with Crippen molar-refractivity contribution in [1.29, 1.82) is 0 Å². The molecule has 108 valence electrons. The number of methoxy groups -OCH3 is 1. The highest BCUT2D eigenvalue weighted by atomic mass is 35.5. The fourth-order valence-corrected chi connectivity index (χ4v) is 1.89. The van der Waals surface area contributed by atoms with Crippen LogP contribution in [0.3, 0.4) is 0 Å². The van der Waals surface area contributed by atoms with Gasteiger partial charge in [-0.3, -0.25) is 0 Å². The molecule has 0 spiro atoms. The summed E-state index contributed by atoms with van der Waals surface area (Å²) >= 11 is 5.63. The summed E-state index contributed by atoms with van der Waals surface area (Å²) < 4.78 is 42.9. The van der Waals surface area contributed by atoms with Crippen LogP contribution in [0.4, 0.5) is 19.0 Å². The summed E-state index contributed by atoms with van der Waals surface area (Å²) in [6.45, 7) is 4.50. The molecule has 0 bridgehead atoms.